The minimum absolute atomic E-state index is 0.0328. The maximum absolute atomic E-state index is 12.6. The molecule has 1 aliphatic rings. The van der Waals surface area contributed by atoms with Crippen molar-refractivity contribution in [2.24, 2.45) is 4.99 Å². The summed E-state index contributed by atoms with van der Waals surface area (Å²) in [4.78, 5) is 4.70. The number of aliphatic imine (C=N–C) groups is 1. The van der Waals surface area contributed by atoms with Crippen molar-refractivity contribution in [2.75, 3.05) is 32.9 Å². The Bertz CT molecular complexity index is 892. The molecule has 8 heteroatoms. The zero-order chi connectivity index (χ0) is 20.0. The van der Waals surface area contributed by atoms with E-state index in [1.165, 1.54) is 17.7 Å². The number of aliphatic hydroxyl groups is 2. The molecule has 7 nitrogen and oxygen atoms in total. The fraction of sp³-hybridized carbons (Fsp3) is 0.350. The molecule has 1 aliphatic heterocycles. The predicted octanol–water partition coefficient (Wildman–Crippen LogP) is 1.05. The summed E-state index contributed by atoms with van der Waals surface area (Å²) in [6.45, 7) is -0.274. The second kappa shape index (κ2) is 9.29. The van der Waals surface area contributed by atoms with Gasteiger partial charge in [0.2, 0.25) is 15.9 Å². The van der Waals surface area contributed by atoms with E-state index in [9.17, 15) is 8.42 Å². The summed E-state index contributed by atoms with van der Waals surface area (Å²) in [5.41, 5.74) is 1.90. The molecule has 0 radical (unpaired) electrons. The molecule has 0 fully saturated rings. The number of ether oxygens (including phenoxy) is 1. The Labute approximate surface area is 165 Å². The van der Waals surface area contributed by atoms with E-state index in [0.29, 0.717) is 18.1 Å². The van der Waals surface area contributed by atoms with Crippen molar-refractivity contribution < 1.29 is 23.4 Å². The van der Waals surface area contributed by atoms with Crippen molar-refractivity contribution in [2.45, 2.75) is 17.4 Å². The van der Waals surface area contributed by atoms with Crippen LogP contribution in [-0.2, 0) is 21.2 Å². The monoisotopic (exact) mass is 404 g/mol. The minimum Gasteiger partial charge on any atom is -0.475 e. The van der Waals surface area contributed by atoms with E-state index in [1.54, 1.807) is 12.1 Å². The number of aliphatic hydroxyl groups excluding tert-OH is 2. The summed E-state index contributed by atoms with van der Waals surface area (Å²) < 4.78 is 32.0. The number of rotatable bonds is 9. The van der Waals surface area contributed by atoms with Crippen LogP contribution in [-0.4, -0.2) is 67.8 Å². The fourth-order valence-corrected chi connectivity index (χ4v) is 4.48. The van der Waals surface area contributed by atoms with E-state index < -0.39 is 10.0 Å². The molecule has 3 rings (SSSR count). The van der Waals surface area contributed by atoms with Gasteiger partial charge in [0, 0.05) is 18.7 Å². The van der Waals surface area contributed by atoms with Gasteiger partial charge >= 0.3 is 0 Å². The Morgan fingerprint density at radius 3 is 2.25 bits per heavy atom. The molecule has 1 atom stereocenters. The van der Waals surface area contributed by atoms with Crippen LogP contribution in [0.1, 0.15) is 11.1 Å². The lowest BCUT2D eigenvalue weighted by atomic mass is 10.1. The standard InChI is InChI=1S/C20H24N2O5S/c23-12-10-22(11-13-24)28(25,26)19-8-6-17(7-9-19)20-21-18(15-27-20)14-16-4-2-1-3-5-16/h1-9,18,23-24H,10-15H2. The summed E-state index contributed by atoms with van der Waals surface area (Å²) >= 11 is 0. The number of sulfonamides is 1. The van der Waals surface area contributed by atoms with Crippen LogP contribution >= 0.6 is 0 Å². The molecule has 0 amide bonds. The summed E-state index contributed by atoms with van der Waals surface area (Å²) in [6, 6.07) is 16.4. The van der Waals surface area contributed by atoms with E-state index >= 15 is 0 Å². The Morgan fingerprint density at radius 2 is 1.64 bits per heavy atom. The summed E-state index contributed by atoms with van der Waals surface area (Å²) in [6.07, 6.45) is 0.786. The molecular weight excluding hydrogens is 380 g/mol. The Balaban J connectivity index is 1.73. The first-order valence-electron chi connectivity index (χ1n) is 9.11. The van der Waals surface area contributed by atoms with E-state index in [4.69, 9.17) is 14.9 Å². The van der Waals surface area contributed by atoms with E-state index in [0.717, 1.165) is 10.7 Å². The van der Waals surface area contributed by atoms with Gasteiger partial charge in [0.1, 0.15) is 6.61 Å². The number of benzene rings is 2. The quantitative estimate of drug-likeness (QED) is 0.651. The van der Waals surface area contributed by atoms with Crippen molar-refractivity contribution in [3.8, 4) is 0 Å². The minimum atomic E-state index is -3.78. The van der Waals surface area contributed by atoms with Gasteiger partial charge in [-0.2, -0.15) is 4.31 Å². The molecule has 0 bridgehead atoms. The van der Waals surface area contributed by atoms with Crippen molar-refractivity contribution in [3.05, 3.63) is 65.7 Å². The van der Waals surface area contributed by atoms with Crippen LogP contribution in [0.4, 0.5) is 0 Å². The molecule has 0 saturated carbocycles. The maximum atomic E-state index is 12.6. The first-order chi connectivity index (χ1) is 13.5. The van der Waals surface area contributed by atoms with Crippen LogP contribution in [0.25, 0.3) is 0 Å². The first kappa shape index (κ1) is 20.5. The summed E-state index contributed by atoms with van der Waals surface area (Å²) in [5, 5.41) is 18.1. The lowest BCUT2D eigenvalue weighted by Gasteiger charge is -2.20. The highest BCUT2D eigenvalue weighted by atomic mass is 32.2. The van der Waals surface area contributed by atoms with Crippen molar-refractivity contribution in [1.82, 2.24) is 4.31 Å². The summed E-state index contributed by atoms with van der Waals surface area (Å²) in [7, 11) is -3.78. The highest BCUT2D eigenvalue weighted by molar-refractivity contribution is 7.89. The first-order valence-corrected chi connectivity index (χ1v) is 10.6. The van der Waals surface area contributed by atoms with E-state index in [2.05, 4.69) is 17.1 Å². The topological polar surface area (TPSA) is 99.4 Å². The Morgan fingerprint density at radius 1 is 1.00 bits per heavy atom. The molecule has 1 unspecified atom stereocenters. The molecule has 28 heavy (non-hydrogen) atoms. The predicted molar refractivity (Wildman–Crippen MR) is 106 cm³/mol. The SMILES string of the molecule is O=S(=O)(c1ccc(C2=NC(Cc3ccccc3)CO2)cc1)N(CCO)CCO. The van der Waals surface area contributed by atoms with Crippen LogP contribution in [0.2, 0.25) is 0 Å². The van der Waals surface area contributed by atoms with E-state index in [1.807, 2.05) is 18.2 Å². The molecule has 0 spiro atoms. The lowest BCUT2D eigenvalue weighted by molar-refractivity contribution is 0.217. The Hall–Kier alpha value is -2.26. The van der Waals surface area contributed by atoms with Crippen LogP contribution in [0.15, 0.2) is 64.5 Å². The van der Waals surface area contributed by atoms with Gasteiger partial charge in [-0.3, -0.25) is 0 Å². The molecule has 0 aromatic heterocycles. The van der Waals surface area contributed by atoms with Crippen molar-refractivity contribution in [3.63, 3.8) is 0 Å². The van der Waals surface area contributed by atoms with Gasteiger partial charge in [0.15, 0.2) is 0 Å². The number of hydrogen-bond acceptors (Lipinski definition) is 6. The second-order valence-electron chi connectivity index (χ2n) is 6.46. The Kier molecular flexibility index (Phi) is 6.79. The number of hydrogen-bond donors (Lipinski definition) is 2. The van der Waals surface area contributed by atoms with Crippen molar-refractivity contribution in [1.29, 1.82) is 0 Å². The molecule has 150 valence electrons. The van der Waals surface area contributed by atoms with Gasteiger partial charge in [-0.25, -0.2) is 13.4 Å². The van der Waals surface area contributed by atoms with Crippen molar-refractivity contribution >= 4 is 15.9 Å². The van der Waals surface area contributed by atoms with Gasteiger partial charge in [-0.05, 0) is 36.2 Å². The lowest BCUT2D eigenvalue weighted by Crippen LogP contribution is -2.35. The number of nitrogens with zero attached hydrogens (tertiary/aromatic N) is 2. The van der Waals surface area contributed by atoms with Crippen LogP contribution in [0.3, 0.4) is 0 Å². The van der Waals surface area contributed by atoms with Gasteiger partial charge in [-0.1, -0.05) is 30.3 Å². The zero-order valence-corrected chi connectivity index (χ0v) is 16.3. The third-order valence-corrected chi connectivity index (χ3v) is 6.38. The molecule has 2 N–H and O–H groups in total. The van der Waals surface area contributed by atoms with Crippen LogP contribution < -0.4 is 0 Å². The van der Waals surface area contributed by atoms with Gasteiger partial charge < -0.3 is 14.9 Å². The fourth-order valence-electron chi connectivity index (χ4n) is 3.06. The van der Waals surface area contributed by atoms with Gasteiger partial charge in [-0.15, -0.1) is 0 Å². The normalized spacial score (nSPS) is 16.8. The van der Waals surface area contributed by atoms with Crippen LogP contribution in [0.5, 0.6) is 0 Å². The third kappa shape index (κ3) is 4.77. The highest BCUT2D eigenvalue weighted by Gasteiger charge is 2.25. The maximum Gasteiger partial charge on any atom is 0.243 e. The third-order valence-electron chi connectivity index (χ3n) is 4.46. The smallest absolute Gasteiger partial charge is 0.243 e. The average Bonchev–Trinajstić information content (AvgIpc) is 3.17. The van der Waals surface area contributed by atoms with Gasteiger partial charge in [0.05, 0.1) is 24.2 Å². The van der Waals surface area contributed by atoms with Crippen LogP contribution in [0, 0.1) is 0 Å². The van der Waals surface area contributed by atoms with Gasteiger partial charge in [0.25, 0.3) is 0 Å². The molecule has 0 saturated heterocycles. The second-order valence-corrected chi connectivity index (χ2v) is 8.40. The molecule has 2 aromatic rings. The molecular formula is C20H24N2O5S. The average molecular weight is 404 g/mol. The molecule has 2 aromatic carbocycles. The molecule has 0 aliphatic carbocycles. The summed E-state index contributed by atoms with van der Waals surface area (Å²) in [5.74, 6) is 0.507. The van der Waals surface area contributed by atoms with E-state index in [-0.39, 0.29) is 37.2 Å². The molecule has 1 heterocycles. The largest absolute Gasteiger partial charge is 0.475 e. The highest BCUT2D eigenvalue weighted by Crippen LogP contribution is 2.20. The zero-order valence-electron chi connectivity index (χ0n) is 15.4.